The average Bonchev–Trinajstić information content (AvgIpc) is 2.89. The van der Waals surface area contributed by atoms with E-state index < -0.39 is 24.1 Å². The SMILES string of the molecule is C=CC(=O)OCC(O)COc1ccc(C(C)Cc2ccc(OCC(CO)OC(=O)C=C)cc2)cc1. The summed E-state index contributed by atoms with van der Waals surface area (Å²) in [6, 6.07) is 15.2. The molecule has 8 heteroatoms. The Labute approximate surface area is 205 Å². The third-order valence-corrected chi connectivity index (χ3v) is 5.03. The molecule has 0 radical (unpaired) electrons. The molecule has 0 saturated heterocycles. The fourth-order valence-corrected chi connectivity index (χ4v) is 3.09. The number of rotatable bonds is 15. The van der Waals surface area contributed by atoms with Crippen molar-refractivity contribution in [2.24, 2.45) is 0 Å². The quantitative estimate of drug-likeness (QED) is 0.293. The lowest BCUT2D eigenvalue weighted by molar-refractivity contribution is -0.146. The molecule has 3 unspecified atom stereocenters. The third-order valence-electron chi connectivity index (χ3n) is 5.03. The highest BCUT2D eigenvalue weighted by Gasteiger charge is 2.13. The minimum absolute atomic E-state index is 0.00345. The molecule has 2 aromatic rings. The van der Waals surface area contributed by atoms with Gasteiger partial charge in [0.15, 0.2) is 6.10 Å². The minimum Gasteiger partial charge on any atom is -0.491 e. The highest BCUT2D eigenvalue weighted by atomic mass is 16.6. The first-order valence-electron chi connectivity index (χ1n) is 11.2. The van der Waals surface area contributed by atoms with Crippen molar-refractivity contribution in [3.63, 3.8) is 0 Å². The molecule has 0 heterocycles. The molecule has 2 N–H and O–H groups in total. The Kier molecular flexibility index (Phi) is 11.5. The van der Waals surface area contributed by atoms with Gasteiger partial charge in [0.1, 0.15) is 37.4 Å². The molecule has 188 valence electrons. The smallest absolute Gasteiger partial charge is 0.330 e. The number of hydrogen-bond acceptors (Lipinski definition) is 8. The van der Waals surface area contributed by atoms with Gasteiger partial charge in [-0.15, -0.1) is 0 Å². The number of esters is 2. The topological polar surface area (TPSA) is 112 Å². The van der Waals surface area contributed by atoms with Crippen LogP contribution >= 0.6 is 0 Å². The number of carbonyl (C=O) groups excluding carboxylic acids is 2. The number of aliphatic hydroxyl groups is 2. The van der Waals surface area contributed by atoms with Crippen LogP contribution in [0.2, 0.25) is 0 Å². The lowest BCUT2D eigenvalue weighted by atomic mass is 9.94. The molecule has 0 aromatic heterocycles. The number of aliphatic hydroxyl groups excluding tert-OH is 2. The zero-order valence-electron chi connectivity index (χ0n) is 19.8. The Morgan fingerprint density at radius 2 is 1.46 bits per heavy atom. The predicted octanol–water partition coefficient (Wildman–Crippen LogP) is 2.97. The average molecular weight is 485 g/mol. The third kappa shape index (κ3) is 10.0. The zero-order chi connectivity index (χ0) is 25.6. The summed E-state index contributed by atoms with van der Waals surface area (Å²) in [6.07, 6.45) is 1.20. The second kappa shape index (κ2) is 14.6. The van der Waals surface area contributed by atoms with Crippen LogP contribution in [0, 0.1) is 0 Å². The number of hydrogen-bond donors (Lipinski definition) is 2. The fourth-order valence-electron chi connectivity index (χ4n) is 3.09. The van der Waals surface area contributed by atoms with Gasteiger partial charge in [0, 0.05) is 12.2 Å². The highest BCUT2D eigenvalue weighted by Crippen LogP contribution is 2.24. The van der Waals surface area contributed by atoms with Crippen LogP contribution in [0.25, 0.3) is 0 Å². The maximum absolute atomic E-state index is 11.2. The summed E-state index contributed by atoms with van der Waals surface area (Å²) in [7, 11) is 0. The van der Waals surface area contributed by atoms with Gasteiger partial charge >= 0.3 is 11.9 Å². The summed E-state index contributed by atoms with van der Waals surface area (Å²) >= 11 is 0. The van der Waals surface area contributed by atoms with Crippen molar-refractivity contribution >= 4 is 11.9 Å². The van der Waals surface area contributed by atoms with E-state index >= 15 is 0 Å². The molecule has 3 atom stereocenters. The first-order chi connectivity index (χ1) is 16.8. The second-order valence-corrected chi connectivity index (χ2v) is 7.87. The van der Waals surface area contributed by atoms with Crippen molar-refractivity contribution in [3.8, 4) is 11.5 Å². The largest absolute Gasteiger partial charge is 0.491 e. The molecule has 0 fully saturated rings. The summed E-state index contributed by atoms with van der Waals surface area (Å²) in [5.74, 6) is 0.262. The first-order valence-corrected chi connectivity index (χ1v) is 11.2. The van der Waals surface area contributed by atoms with E-state index in [0.717, 1.165) is 29.7 Å². The number of benzene rings is 2. The lowest BCUT2D eigenvalue weighted by Gasteiger charge is -2.16. The molecule has 0 saturated carbocycles. The van der Waals surface area contributed by atoms with Gasteiger partial charge in [0.2, 0.25) is 0 Å². The van der Waals surface area contributed by atoms with Gasteiger partial charge in [-0.25, -0.2) is 9.59 Å². The van der Waals surface area contributed by atoms with Crippen molar-refractivity contribution in [2.75, 3.05) is 26.4 Å². The maximum atomic E-state index is 11.2. The van der Waals surface area contributed by atoms with Crippen LogP contribution in [0.4, 0.5) is 0 Å². The van der Waals surface area contributed by atoms with E-state index in [-0.39, 0.29) is 32.3 Å². The van der Waals surface area contributed by atoms with Gasteiger partial charge in [-0.2, -0.15) is 0 Å². The van der Waals surface area contributed by atoms with Gasteiger partial charge < -0.3 is 29.2 Å². The van der Waals surface area contributed by atoms with Crippen LogP contribution in [0.15, 0.2) is 73.8 Å². The Bertz CT molecular complexity index is 952. The maximum Gasteiger partial charge on any atom is 0.330 e. The van der Waals surface area contributed by atoms with Crippen molar-refractivity contribution < 1.29 is 38.7 Å². The molecular weight excluding hydrogens is 452 g/mol. The van der Waals surface area contributed by atoms with Gasteiger partial charge in [-0.3, -0.25) is 0 Å². The minimum atomic E-state index is -0.930. The van der Waals surface area contributed by atoms with Gasteiger partial charge in [0.25, 0.3) is 0 Å². The van der Waals surface area contributed by atoms with Crippen molar-refractivity contribution in [1.82, 2.24) is 0 Å². The van der Waals surface area contributed by atoms with Crippen molar-refractivity contribution in [3.05, 3.63) is 85.0 Å². The molecule has 0 amide bonds. The Morgan fingerprint density at radius 3 is 2.03 bits per heavy atom. The summed E-state index contributed by atoms with van der Waals surface area (Å²) < 4.78 is 20.9. The molecule has 2 aromatic carbocycles. The Hall–Kier alpha value is -3.62. The fraction of sp³-hybridized carbons (Fsp3) is 0.333. The van der Waals surface area contributed by atoms with E-state index in [0.29, 0.717) is 11.5 Å². The molecular formula is C27H32O8. The van der Waals surface area contributed by atoms with E-state index in [1.54, 1.807) is 0 Å². The zero-order valence-corrected chi connectivity index (χ0v) is 19.8. The standard InChI is InChI=1S/C27H32O8/c1-4-26(30)34-17-22(29)16-32-24-12-8-21(9-13-24)19(3)14-20-6-10-23(11-7-20)33-18-25(15-28)35-27(31)5-2/h4-13,19,22,25,28-29H,1-2,14-18H2,3H3. The van der Waals surface area contributed by atoms with Crippen LogP contribution in [-0.4, -0.2) is 60.8 Å². The van der Waals surface area contributed by atoms with E-state index in [2.05, 4.69) is 20.1 Å². The lowest BCUT2D eigenvalue weighted by Crippen LogP contribution is -2.27. The summed E-state index contributed by atoms with van der Waals surface area (Å²) in [6.45, 7) is 8.28. The number of ether oxygens (including phenoxy) is 4. The summed E-state index contributed by atoms with van der Waals surface area (Å²) in [4.78, 5) is 22.3. The highest BCUT2D eigenvalue weighted by molar-refractivity contribution is 5.81. The molecule has 0 spiro atoms. The van der Waals surface area contributed by atoms with Gasteiger partial charge in [-0.05, 0) is 47.7 Å². The van der Waals surface area contributed by atoms with E-state index in [1.165, 1.54) is 0 Å². The van der Waals surface area contributed by atoms with Gasteiger partial charge in [-0.1, -0.05) is 44.3 Å². The predicted molar refractivity (Wildman–Crippen MR) is 130 cm³/mol. The van der Waals surface area contributed by atoms with Crippen LogP contribution in [0.3, 0.4) is 0 Å². The number of carbonyl (C=O) groups is 2. The molecule has 8 nitrogen and oxygen atoms in total. The van der Waals surface area contributed by atoms with Crippen molar-refractivity contribution in [1.29, 1.82) is 0 Å². The van der Waals surface area contributed by atoms with Crippen molar-refractivity contribution in [2.45, 2.75) is 31.5 Å². The van der Waals surface area contributed by atoms with E-state index in [4.69, 9.17) is 18.9 Å². The summed E-state index contributed by atoms with van der Waals surface area (Å²) in [5.41, 5.74) is 2.26. The molecule has 0 aliphatic rings. The monoisotopic (exact) mass is 484 g/mol. The van der Waals surface area contributed by atoms with Crippen LogP contribution in [0.1, 0.15) is 24.0 Å². The molecule has 0 bridgehead atoms. The van der Waals surface area contributed by atoms with E-state index in [9.17, 15) is 19.8 Å². The second-order valence-electron chi connectivity index (χ2n) is 7.87. The Morgan fingerprint density at radius 1 is 0.886 bits per heavy atom. The molecule has 0 aliphatic heterocycles. The normalized spacial score (nSPS) is 13.1. The molecule has 2 rings (SSSR count). The van der Waals surface area contributed by atoms with Crippen LogP contribution in [0.5, 0.6) is 11.5 Å². The summed E-state index contributed by atoms with van der Waals surface area (Å²) in [5, 5.41) is 19.1. The first kappa shape index (κ1) is 27.6. The van der Waals surface area contributed by atoms with E-state index in [1.807, 2.05) is 48.5 Å². The van der Waals surface area contributed by atoms with Crippen LogP contribution < -0.4 is 9.47 Å². The Balaban J connectivity index is 1.80. The molecule has 0 aliphatic carbocycles. The molecule has 35 heavy (non-hydrogen) atoms. The van der Waals surface area contributed by atoms with Gasteiger partial charge in [0.05, 0.1) is 6.61 Å². The van der Waals surface area contributed by atoms with Crippen LogP contribution in [-0.2, 0) is 25.5 Å².